The SMILES string of the molecule is [Cl-].[Cl-].[Cl-].[Eu+3].[Yb+3]. The van der Waals surface area contributed by atoms with Crippen LogP contribution in [0.5, 0.6) is 0 Å². The zero-order chi connectivity index (χ0) is 0. The van der Waals surface area contributed by atoms with Gasteiger partial charge < -0.3 is 37.2 Å². The largest absolute Gasteiger partial charge is 3.00 e. The van der Waals surface area contributed by atoms with E-state index in [0.29, 0.717) is 0 Å². The number of hydrogen-bond acceptors (Lipinski definition) is 0. The Morgan fingerprint density at radius 3 is 0.600 bits per heavy atom. The van der Waals surface area contributed by atoms with E-state index in [2.05, 4.69) is 0 Å². The number of hydrogen-bond donors (Lipinski definition) is 0. The molecule has 0 aromatic carbocycles. The zero-order valence-corrected chi connectivity index (χ0v) is 8.19. The Morgan fingerprint density at radius 1 is 0.600 bits per heavy atom. The predicted molar refractivity (Wildman–Crippen MR) is 0 cm³/mol. The van der Waals surface area contributed by atoms with Gasteiger partial charge >= 0.3 is 96.3 Å². The van der Waals surface area contributed by atoms with Crippen molar-refractivity contribution in [3.8, 4) is 0 Å². The Labute approximate surface area is 130 Å². The molecule has 0 bridgehead atoms. The first-order chi connectivity index (χ1) is 0. The Hall–Kier alpha value is 3.97. The molecule has 0 saturated carbocycles. The molecule has 0 aliphatic heterocycles. The zero-order valence-electron chi connectivity index (χ0n) is 1.78. The normalized spacial score (nSPS) is 0. The van der Waals surface area contributed by atoms with Gasteiger partial charge in [-0.3, -0.25) is 0 Å². The van der Waals surface area contributed by atoms with E-state index in [4.69, 9.17) is 0 Å². The van der Waals surface area contributed by atoms with Crippen LogP contribution >= 0.6 is 0 Å². The maximum Gasteiger partial charge on any atom is 3.00 e. The summed E-state index contributed by atoms with van der Waals surface area (Å²) in [5, 5.41) is 0. The van der Waals surface area contributed by atoms with Gasteiger partial charge in [0.1, 0.15) is 0 Å². The molecule has 0 unspecified atom stereocenters. The van der Waals surface area contributed by atoms with E-state index in [1.165, 1.54) is 0 Å². The standard InChI is InChI=1S/3ClH.Eu.Yb/h3*1H;;/q;;;2*+3/p-3. The van der Waals surface area contributed by atoms with Gasteiger partial charge in [-0.1, -0.05) is 0 Å². The predicted octanol–water partition coefficient (Wildman–Crippen LogP) is -8.99. The molecule has 0 rings (SSSR count). The minimum absolute atomic E-state index is 0. The molecule has 1 radical (unpaired) electrons. The summed E-state index contributed by atoms with van der Waals surface area (Å²) >= 11 is 0. The molecular weight excluding hydrogens is 431 g/mol. The van der Waals surface area contributed by atoms with Crippen LogP contribution in [0.15, 0.2) is 0 Å². The fraction of sp³-hybridized carbons (Fsp3) is 0. The van der Waals surface area contributed by atoms with Gasteiger partial charge in [-0.15, -0.1) is 0 Å². The monoisotopic (exact) mass is 432 g/mol. The van der Waals surface area contributed by atoms with Crippen molar-refractivity contribution in [1.82, 2.24) is 0 Å². The third-order valence-electron chi connectivity index (χ3n) is 0. The molecule has 0 spiro atoms. The van der Waals surface area contributed by atoms with Crippen LogP contribution in [0.25, 0.3) is 0 Å². The summed E-state index contributed by atoms with van der Waals surface area (Å²) in [4.78, 5) is 0. The fourth-order valence-corrected chi connectivity index (χ4v) is 0. The molecule has 0 heterocycles. The van der Waals surface area contributed by atoms with Gasteiger partial charge in [0, 0.05) is 0 Å². The molecule has 0 nitrogen and oxygen atoms in total. The second-order valence-corrected chi connectivity index (χ2v) is 0. The van der Waals surface area contributed by atoms with Gasteiger partial charge in [0.05, 0.1) is 0 Å². The van der Waals surface area contributed by atoms with Gasteiger partial charge in [0.15, 0.2) is 0 Å². The number of rotatable bonds is 0. The number of halogens is 3. The van der Waals surface area contributed by atoms with E-state index in [1.807, 2.05) is 0 Å². The molecule has 0 saturated heterocycles. The second kappa shape index (κ2) is 24.6. The summed E-state index contributed by atoms with van der Waals surface area (Å²) < 4.78 is 0. The van der Waals surface area contributed by atoms with E-state index < -0.39 is 0 Å². The van der Waals surface area contributed by atoms with Gasteiger partial charge in [-0.05, 0) is 0 Å². The summed E-state index contributed by atoms with van der Waals surface area (Å²) in [6, 6.07) is 0. The molecule has 5 heavy (non-hydrogen) atoms. The van der Waals surface area contributed by atoms with Crippen molar-refractivity contribution in [2.45, 2.75) is 0 Å². The molecule has 0 fully saturated rings. The minimum atomic E-state index is 0. The molecule has 0 aromatic rings. The quantitative estimate of drug-likeness (QED) is 0.358. The molecule has 39 valence electrons. The second-order valence-electron chi connectivity index (χ2n) is 0. The van der Waals surface area contributed by atoms with Crippen LogP contribution in [0.3, 0.4) is 0 Å². The molecule has 0 aromatic heterocycles. The Morgan fingerprint density at radius 2 is 0.600 bits per heavy atom. The minimum Gasteiger partial charge on any atom is -1.00 e. The van der Waals surface area contributed by atoms with Crippen molar-refractivity contribution in [2.24, 2.45) is 0 Å². The molecule has 0 aliphatic carbocycles. The first-order valence-corrected chi connectivity index (χ1v) is 0. The molecule has 0 N–H and O–H groups in total. The first-order valence-electron chi connectivity index (χ1n) is 0. The Bertz CT molecular complexity index is 6.85. The van der Waals surface area contributed by atoms with E-state index in [9.17, 15) is 0 Å². The third-order valence-corrected chi connectivity index (χ3v) is 0. The van der Waals surface area contributed by atoms with Gasteiger partial charge in [0.25, 0.3) is 0 Å². The van der Waals surface area contributed by atoms with Crippen LogP contribution in [0, 0.1) is 96.3 Å². The molecule has 0 atom stereocenters. The molecule has 5 heteroatoms. The topological polar surface area (TPSA) is 0 Å². The van der Waals surface area contributed by atoms with Gasteiger partial charge in [0.2, 0.25) is 0 Å². The van der Waals surface area contributed by atoms with E-state index in [1.54, 1.807) is 0 Å². The average molecular weight is 431 g/mol. The Kier molecular flexibility index (Phi) is 177. The first kappa shape index (κ1) is 36.1. The van der Waals surface area contributed by atoms with Crippen LogP contribution in [-0.2, 0) is 0 Å². The van der Waals surface area contributed by atoms with Crippen LogP contribution in [0.2, 0.25) is 0 Å². The van der Waals surface area contributed by atoms with E-state index in [0.717, 1.165) is 0 Å². The molecule has 0 aliphatic rings. The van der Waals surface area contributed by atoms with Crippen LogP contribution in [-0.4, -0.2) is 0 Å². The maximum absolute atomic E-state index is 0. The molecular formula is Cl3EuYb+3. The maximum atomic E-state index is 0. The van der Waals surface area contributed by atoms with Crippen LogP contribution in [0.4, 0.5) is 0 Å². The Balaban J connectivity index is 0. The van der Waals surface area contributed by atoms with Crippen LogP contribution in [0.1, 0.15) is 0 Å². The van der Waals surface area contributed by atoms with Gasteiger partial charge in [-0.25, -0.2) is 0 Å². The van der Waals surface area contributed by atoms with Crippen molar-refractivity contribution < 1.29 is 134 Å². The summed E-state index contributed by atoms with van der Waals surface area (Å²) in [6.07, 6.45) is 0. The van der Waals surface area contributed by atoms with Crippen molar-refractivity contribution in [1.29, 1.82) is 0 Å². The van der Waals surface area contributed by atoms with Crippen molar-refractivity contribution >= 4 is 0 Å². The molecule has 0 amide bonds. The smallest absolute Gasteiger partial charge is 1.00 e. The third kappa shape index (κ3) is 18.0. The van der Waals surface area contributed by atoms with Crippen molar-refractivity contribution in [3.05, 3.63) is 0 Å². The average Bonchev–Trinajstić information content (AvgIpc) is 0. The summed E-state index contributed by atoms with van der Waals surface area (Å²) in [5.41, 5.74) is 0. The summed E-state index contributed by atoms with van der Waals surface area (Å²) in [6.45, 7) is 0. The van der Waals surface area contributed by atoms with E-state index >= 15 is 0 Å². The summed E-state index contributed by atoms with van der Waals surface area (Å²) in [7, 11) is 0. The van der Waals surface area contributed by atoms with E-state index in [-0.39, 0.29) is 134 Å². The van der Waals surface area contributed by atoms with Crippen molar-refractivity contribution in [3.63, 3.8) is 0 Å². The van der Waals surface area contributed by atoms with Crippen LogP contribution < -0.4 is 37.2 Å². The fourth-order valence-electron chi connectivity index (χ4n) is 0. The van der Waals surface area contributed by atoms with Gasteiger partial charge in [-0.2, -0.15) is 0 Å². The van der Waals surface area contributed by atoms with Crippen molar-refractivity contribution in [2.75, 3.05) is 0 Å². The summed E-state index contributed by atoms with van der Waals surface area (Å²) in [5.74, 6) is 0.